The molecule has 1 aliphatic rings. The number of hydrogen-bond acceptors (Lipinski definition) is 8. The van der Waals surface area contributed by atoms with E-state index in [4.69, 9.17) is 11.5 Å². The second-order valence-corrected chi connectivity index (χ2v) is 7.68. The summed E-state index contributed by atoms with van der Waals surface area (Å²) in [4.78, 5) is 61.7. The van der Waals surface area contributed by atoms with Crippen molar-refractivity contribution in [2.45, 2.75) is 63.2 Å². The number of aliphatic hydroxyl groups excluding tert-OH is 1. The number of carbonyl (C=O) groups is 5. The molecule has 1 saturated heterocycles. The van der Waals surface area contributed by atoms with Crippen molar-refractivity contribution in [1.29, 1.82) is 0 Å². The summed E-state index contributed by atoms with van der Waals surface area (Å²) >= 11 is 0. The van der Waals surface area contributed by atoms with Gasteiger partial charge in [0.25, 0.3) is 0 Å². The number of rotatable bonds is 13. The molecule has 4 unspecified atom stereocenters. The lowest BCUT2D eigenvalue weighted by molar-refractivity contribution is -0.149. The van der Waals surface area contributed by atoms with Gasteiger partial charge in [-0.25, -0.2) is 4.79 Å². The highest BCUT2D eigenvalue weighted by Gasteiger charge is 2.37. The summed E-state index contributed by atoms with van der Waals surface area (Å²) in [6, 6.07) is -4.07. The van der Waals surface area contributed by atoms with Crippen LogP contribution < -0.4 is 27.4 Å². The molecule has 182 valence electrons. The number of aliphatic hydroxyl groups is 1. The summed E-state index contributed by atoms with van der Waals surface area (Å²) in [5, 5.41) is 25.7. The first kappa shape index (κ1) is 27.3. The number of amides is 4. The first-order valence-corrected chi connectivity index (χ1v) is 10.6. The molecular formula is C19H34N6O7. The molecule has 0 aliphatic carbocycles. The van der Waals surface area contributed by atoms with Crippen LogP contribution in [0.25, 0.3) is 0 Å². The van der Waals surface area contributed by atoms with Gasteiger partial charge >= 0.3 is 5.97 Å². The van der Waals surface area contributed by atoms with Crippen LogP contribution in [0.2, 0.25) is 0 Å². The molecule has 0 aromatic rings. The first-order valence-electron chi connectivity index (χ1n) is 10.6. The summed E-state index contributed by atoms with van der Waals surface area (Å²) < 4.78 is 0. The van der Waals surface area contributed by atoms with Gasteiger partial charge in [0.1, 0.15) is 18.1 Å². The Kier molecular flexibility index (Phi) is 11.6. The lowest BCUT2D eigenvalue weighted by Gasteiger charge is -2.27. The van der Waals surface area contributed by atoms with E-state index in [-0.39, 0.29) is 13.0 Å². The SMILES string of the molecule is CC(N)C(=O)NC(CO)C(=O)NCC(=O)NC(CCCCN)C(=O)N1CCCC1C(=O)O. The van der Waals surface area contributed by atoms with Crippen LogP contribution in [-0.2, 0) is 24.0 Å². The number of likely N-dealkylation sites (tertiary alicyclic amines) is 1. The molecule has 0 aromatic carbocycles. The Bertz CT molecular complexity index is 687. The average molecular weight is 459 g/mol. The van der Waals surface area contributed by atoms with Crippen molar-refractivity contribution in [3.63, 3.8) is 0 Å². The quantitative estimate of drug-likeness (QED) is 0.137. The van der Waals surface area contributed by atoms with Crippen LogP contribution in [0, 0.1) is 0 Å². The normalized spacial score (nSPS) is 18.4. The van der Waals surface area contributed by atoms with Gasteiger partial charge in [0.15, 0.2) is 0 Å². The molecule has 32 heavy (non-hydrogen) atoms. The minimum atomic E-state index is -1.29. The number of carboxylic acid groups (broad SMARTS) is 1. The molecule has 4 atom stereocenters. The fourth-order valence-electron chi connectivity index (χ4n) is 3.27. The Labute approximate surface area is 186 Å². The summed E-state index contributed by atoms with van der Waals surface area (Å²) in [6.45, 7) is 0.894. The van der Waals surface area contributed by atoms with Gasteiger partial charge < -0.3 is 42.5 Å². The molecule has 0 saturated carbocycles. The van der Waals surface area contributed by atoms with Crippen molar-refractivity contribution in [3.05, 3.63) is 0 Å². The van der Waals surface area contributed by atoms with E-state index >= 15 is 0 Å². The average Bonchev–Trinajstić information content (AvgIpc) is 3.24. The molecular weight excluding hydrogens is 424 g/mol. The van der Waals surface area contributed by atoms with E-state index in [1.807, 2.05) is 0 Å². The minimum absolute atomic E-state index is 0.266. The second-order valence-electron chi connectivity index (χ2n) is 7.68. The Balaban J connectivity index is 2.71. The number of nitrogens with two attached hydrogens (primary N) is 2. The van der Waals surface area contributed by atoms with E-state index in [9.17, 15) is 34.2 Å². The first-order chi connectivity index (χ1) is 15.1. The lowest BCUT2D eigenvalue weighted by Crippen LogP contribution is -2.55. The number of unbranched alkanes of at least 4 members (excludes halogenated alkanes) is 1. The van der Waals surface area contributed by atoms with Gasteiger partial charge in [-0.3, -0.25) is 19.2 Å². The number of carbonyl (C=O) groups excluding carboxylic acids is 4. The van der Waals surface area contributed by atoms with E-state index in [0.29, 0.717) is 32.2 Å². The highest BCUT2D eigenvalue weighted by Crippen LogP contribution is 2.19. The topological polar surface area (TPSA) is 217 Å². The van der Waals surface area contributed by atoms with Gasteiger partial charge in [0, 0.05) is 6.54 Å². The maximum Gasteiger partial charge on any atom is 0.326 e. The third-order valence-corrected chi connectivity index (χ3v) is 5.05. The molecule has 4 amide bonds. The Morgan fingerprint density at radius 1 is 1.09 bits per heavy atom. The summed E-state index contributed by atoms with van der Waals surface area (Å²) in [7, 11) is 0. The van der Waals surface area contributed by atoms with Crippen molar-refractivity contribution in [3.8, 4) is 0 Å². The highest BCUT2D eigenvalue weighted by atomic mass is 16.4. The summed E-state index contributed by atoms with van der Waals surface area (Å²) in [5.74, 6) is -3.71. The lowest BCUT2D eigenvalue weighted by atomic mass is 10.1. The maximum absolute atomic E-state index is 12.9. The molecule has 1 heterocycles. The third-order valence-electron chi connectivity index (χ3n) is 5.05. The smallest absolute Gasteiger partial charge is 0.326 e. The van der Waals surface area contributed by atoms with Crippen molar-refractivity contribution in [2.75, 3.05) is 26.2 Å². The van der Waals surface area contributed by atoms with E-state index in [1.54, 1.807) is 0 Å². The monoisotopic (exact) mass is 458 g/mol. The van der Waals surface area contributed by atoms with Crippen LogP contribution in [-0.4, -0.2) is 95.1 Å². The largest absolute Gasteiger partial charge is 0.480 e. The molecule has 9 N–H and O–H groups in total. The van der Waals surface area contributed by atoms with Crippen LogP contribution in [0.3, 0.4) is 0 Å². The number of carboxylic acids is 1. The number of nitrogens with zero attached hydrogens (tertiary/aromatic N) is 1. The van der Waals surface area contributed by atoms with E-state index in [2.05, 4.69) is 16.0 Å². The molecule has 13 nitrogen and oxygen atoms in total. The Morgan fingerprint density at radius 3 is 2.34 bits per heavy atom. The van der Waals surface area contributed by atoms with Gasteiger partial charge in [-0.2, -0.15) is 0 Å². The van der Waals surface area contributed by atoms with Crippen LogP contribution in [0.4, 0.5) is 0 Å². The summed E-state index contributed by atoms with van der Waals surface area (Å²) in [5.41, 5.74) is 10.9. The number of hydrogen-bond donors (Lipinski definition) is 7. The van der Waals surface area contributed by atoms with Crippen molar-refractivity contribution in [1.82, 2.24) is 20.9 Å². The number of aliphatic carboxylic acids is 1. The van der Waals surface area contributed by atoms with Crippen molar-refractivity contribution in [2.24, 2.45) is 11.5 Å². The van der Waals surface area contributed by atoms with Gasteiger partial charge in [-0.15, -0.1) is 0 Å². The minimum Gasteiger partial charge on any atom is -0.480 e. The number of nitrogens with one attached hydrogen (secondary N) is 3. The molecule has 13 heteroatoms. The molecule has 0 radical (unpaired) electrons. The van der Waals surface area contributed by atoms with E-state index in [1.165, 1.54) is 11.8 Å². The standard InChI is InChI=1S/C19H34N6O7/c1-11(21)16(28)24-13(10-26)17(29)22-9-15(27)23-12(5-2-3-7-20)18(30)25-8-4-6-14(25)19(31)32/h11-14,26H,2-10,20-21H2,1H3,(H,22,29)(H,23,27)(H,24,28)(H,31,32). The van der Waals surface area contributed by atoms with Crippen molar-refractivity contribution < 1.29 is 34.2 Å². The van der Waals surface area contributed by atoms with Crippen LogP contribution >= 0.6 is 0 Å². The predicted octanol–water partition coefficient (Wildman–Crippen LogP) is -3.38. The van der Waals surface area contributed by atoms with Crippen LogP contribution in [0.1, 0.15) is 39.0 Å². The third kappa shape index (κ3) is 8.40. The molecule has 1 aliphatic heterocycles. The molecule has 0 aromatic heterocycles. The fourth-order valence-corrected chi connectivity index (χ4v) is 3.27. The van der Waals surface area contributed by atoms with E-state index in [0.717, 1.165) is 0 Å². The molecule has 0 bridgehead atoms. The zero-order valence-electron chi connectivity index (χ0n) is 18.2. The zero-order valence-corrected chi connectivity index (χ0v) is 18.2. The van der Waals surface area contributed by atoms with Gasteiger partial charge in [0.05, 0.1) is 19.2 Å². The molecule has 1 fully saturated rings. The highest BCUT2D eigenvalue weighted by molar-refractivity contribution is 5.94. The van der Waals surface area contributed by atoms with Crippen LogP contribution in [0.15, 0.2) is 0 Å². The molecule has 1 rings (SSSR count). The van der Waals surface area contributed by atoms with E-state index < -0.39 is 66.9 Å². The Morgan fingerprint density at radius 2 is 1.78 bits per heavy atom. The zero-order chi connectivity index (χ0) is 24.3. The summed E-state index contributed by atoms with van der Waals surface area (Å²) in [6.07, 6.45) is 2.33. The Hall–Kier alpha value is -2.77. The van der Waals surface area contributed by atoms with Gasteiger partial charge in [0.2, 0.25) is 23.6 Å². The molecule has 0 spiro atoms. The predicted molar refractivity (Wildman–Crippen MR) is 113 cm³/mol. The van der Waals surface area contributed by atoms with Gasteiger partial charge in [-0.05, 0) is 45.6 Å². The van der Waals surface area contributed by atoms with Gasteiger partial charge in [-0.1, -0.05) is 0 Å². The van der Waals surface area contributed by atoms with Crippen LogP contribution in [0.5, 0.6) is 0 Å². The van der Waals surface area contributed by atoms with Crippen molar-refractivity contribution >= 4 is 29.6 Å². The second kappa shape index (κ2) is 13.6. The fraction of sp³-hybridized carbons (Fsp3) is 0.737. The maximum atomic E-state index is 12.9.